The van der Waals surface area contributed by atoms with E-state index >= 15 is 0 Å². The van der Waals surface area contributed by atoms with Gasteiger partial charge >= 0.3 is 12.2 Å². The molecule has 14 heteroatoms. The van der Waals surface area contributed by atoms with Crippen molar-refractivity contribution >= 4 is 56.8 Å². The van der Waals surface area contributed by atoms with Crippen LogP contribution in [0, 0.1) is 0 Å². The predicted octanol–water partition coefficient (Wildman–Crippen LogP) is 9.96. The van der Waals surface area contributed by atoms with Gasteiger partial charge in [-0.2, -0.15) is 0 Å². The summed E-state index contributed by atoms with van der Waals surface area (Å²) in [6, 6.07) is 40.5. The van der Waals surface area contributed by atoms with Gasteiger partial charge in [0.25, 0.3) is 11.8 Å². The molecule has 4 amide bonds. The minimum atomic E-state index is -1.17. The summed E-state index contributed by atoms with van der Waals surface area (Å²) in [5.74, 6) is 0.824. The molecule has 2 aromatic heterocycles. The first-order chi connectivity index (χ1) is 32.0. The van der Waals surface area contributed by atoms with Crippen molar-refractivity contribution in [3.05, 3.63) is 156 Å². The Kier molecular flexibility index (Phi) is 10.9. The molecule has 10 rings (SSSR count). The van der Waals surface area contributed by atoms with Gasteiger partial charge in [-0.1, -0.05) is 97.1 Å². The molecule has 332 valence electrons. The summed E-state index contributed by atoms with van der Waals surface area (Å²) in [4.78, 5) is 74.9. The van der Waals surface area contributed by atoms with Crippen LogP contribution in [-0.2, 0) is 9.59 Å². The van der Waals surface area contributed by atoms with Crippen LogP contribution in [0.3, 0.4) is 0 Å². The zero-order chi connectivity index (χ0) is 45.6. The zero-order valence-corrected chi connectivity index (χ0v) is 36.5. The SMILES string of the molecule is CN(C(=O)O)[C@@H](C(=O)N1CCC[C@H]1c1nc2cc(-c3ccc4cc(-c5ccc6[nH]c([C@@H]7CCCN7C(=O)[C@@H](c7ccccc7)N(C)C(=O)O)nc6c5)ccc4c3)ccc2[nH]1)c1ccccc1. The highest BCUT2D eigenvalue weighted by Crippen LogP contribution is 2.38. The summed E-state index contributed by atoms with van der Waals surface area (Å²) in [5.41, 5.74) is 8.61. The monoisotopic (exact) mass is 880 g/mol. The van der Waals surface area contributed by atoms with Crippen molar-refractivity contribution in [2.45, 2.75) is 49.9 Å². The lowest BCUT2D eigenvalue weighted by Gasteiger charge is -2.32. The van der Waals surface area contributed by atoms with Gasteiger partial charge in [-0.15, -0.1) is 0 Å². The topological polar surface area (TPSA) is 179 Å². The largest absolute Gasteiger partial charge is 0.465 e. The van der Waals surface area contributed by atoms with Crippen LogP contribution in [0.15, 0.2) is 133 Å². The van der Waals surface area contributed by atoms with Crippen LogP contribution in [0.25, 0.3) is 55.1 Å². The number of carboxylic acid groups (broad SMARTS) is 2. The van der Waals surface area contributed by atoms with Gasteiger partial charge in [0, 0.05) is 27.2 Å². The number of carbonyl (C=O) groups is 4. The maximum Gasteiger partial charge on any atom is 0.407 e. The summed E-state index contributed by atoms with van der Waals surface area (Å²) in [6.45, 7) is 1.02. The lowest BCUT2D eigenvalue weighted by atomic mass is 9.97. The van der Waals surface area contributed by atoms with Gasteiger partial charge in [0.15, 0.2) is 0 Å². The second-order valence-corrected chi connectivity index (χ2v) is 17.3. The molecular formula is C52H48N8O6. The third-order valence-electron chi connectivity index (χ3n) is 13.3. The fourth-order valence-corrected chi connectivity index (χ4v) is 9.83. The van der Waals surface area contributed by atoms with Crippen molar-refractivity contribution in [2.75, 3.05) is 27.2 Å². The molecule has 0 spiro atoms. The Bertz CT molecular complexity index is 2940. The molecule has 2 aliphatic heterocycles. The number of amides is 4. The van der Waals surface area contributed by atoms with Crippen LogP contribution in [-0.4, -0.2) is 101 Å². The van der Waals surface area contributed by atoms with Crippen molar-refractivity contribution in [3.63, 3.8) is 0 Å². The van der Waals surface area contributed by atoms with Crippen molar-refractivity contribution in [3.8, 4) is 22.3 Å². The summed E-state index contributed by atoms with van der Waals surface area (Å²) < 4.78 is 0. The zero-order valence-electron chi connectivity index (χ0n) is 36.5. The molecule has 0 saturated carbocycles. The molecule has 66 heavy (non-hydrogen) atoms. The third kappa shape index (κ3) is 7.73. The minimum Gasteiger partial charge on any atom is -0.465 e. The van der Waals surface area contributed by atoms with Gasteiger partial charge in [-0.3, -0.25) is 19.4 Å². The molecule has 2 fully saturated rings. The van der Waals surface area contributed by atoms with Crippen molar-refractivity contribution in [2.24, 2.45) is 0 Å². The highest BCUT2D eigenvalue weighted by molar-refractivity contribution is 5.94. The normalized spacial score (nSPS) is 17.1. The lowest BCUT2D eigenvalue weighted by molar-refractivity contribution is -0.138. The van der Waals surface area contributed by atoms with Gasteiger partial charge in [0.2, 0.25) is 0 Å². The number of nitrogens with one attached hydrogen (secondary N) is 2. The van der Waals surface area contributed by atoms with E-state index in [9.17, 15) is 29.4 Å². The Hall–Kier alpha value is -8.00. The number of imidazole rings is 2. The van der Waals surface area contributed by atoms with Crippen LogP contribution in [0.1, 0.15) is 72.6 Å². The quantitative estimate of drug-likeness (QED) is 0.105. The molecule has 4 heterocycles. The van der Waals surface area contributed by atoms with E-state index in [2.05, 4.69) is 70.6 Å². The van der Waals surface area contributed by atoms with Crippen LogP contribution in [0.5, 0.6) is 0 Å². The summed E-state index contributed by atoms with van der Waals surface area (Å²) in [7, 11) is 2.86. The number of hydrogen-bond acceptors (Lipinski definition) is 6. The molecule has 2 aliphatic rings. The second-order valence-electron chi connectivity index (χ2n) is 17.3. The average Bonchev–Trinajstić information content (AvgIpc) is 4.18. The van der Waals surface area contributed by atoms with Gasteiger partial charge in [0.1, 0.15) is 23.7 Å². The van der Waals surface area contributed by atoms with E-state index in [4.69, 9.17) is 9.97 Å². The standard InChI is InChI=1S/C52H48N8O6/c1-57(51(63)64)45(31-11-5-3-6-12-31)49(61)59-25-9-15-43(59)47-53-39-23-21-37(29-41(39)55-47)35-19-17-34-28-36(20-18-33(34)27-35)38-22-24-40-42(30-38)56-48(54-40)44-16-10-26-60(44)50(62)46(58(2)52(65)66)32-13-7-4-8-14-32/h3-8,11-14,17-24,27-30,43-46H,9-10,15-16,25-26H2,1-2H3,(H,53,55)(H,54,56)(H,63,64)(H,65,66)/t43-,44-,45+,46+/m0/s1. The fourth-order valence-electron chi connectivity index (χ4n) is 9.83. The molecular weight excluding hydrogens is 833 g/mol. The molecule has 0 unspecified atom stereocenters. The number of benzene rings is 6. The Morgan fingerprint density at radius 3 is 1.32 bits per heavy atom. The number of likely N-dealkylation sites (tertiary alicyclic amines) is 2. The number of H-pyrrole nitrogens is 2. The van der Waals surface area contributed by atoms with Crippen molar-refractivity contribution in [1.29, 1.82) is 0 Å². The third-order valence-corrected chi connectivity index (χ3v) is 13.3. The van der Waals surface area contributed by atoms with Crippen molar-refractivity contribution in [1.82, 2.24) is 39.5 Å². The van der Waals surface area contributed by atoms with E-state index in [0.717, 1.165) is 77.7 Å². The van der Waals surface area contributed by atoms with Gasteiger partial charge in [-0.05, 0) is 106 Å². The number of carbonyl (C=O) groups excluding carboxylic acids is 2. The number of hydrogen-bond donors (Lipinski definition) is 4. The van der Waals surface area contributed by atoms with Crippen LogP contribution < -0.4 is 0 Å². The van der Waals surface area contributed by atoms with Gasteiger partial charge in [-0.25, -0.2) is 19.6 Å². The van der Waals surface area contributed by atoms with Gasteiger partial charge < -0.3 is 30.0 Å². The van der Waals surface area contributed by atoms with E-state index in [-0.39, 0.29) is 23.9 Å². The van der Waals surface area contributed by atoms with Crippen LogP contribution in [0.2, 0.25) is 0 Å². The Labute approximate surface area is 380 Å². The molecule has 4 atom stereocenters. The molecule has 4 N–H and O–H groups in total. The Balaban J connectivity index is 0.869. The van der Waals surface area contributed by atoms with E-state index in [1.807, 2.05) is 48.5 Å². The summed E-state index contributed by atoms with van der Waals surface area (Å²) in [6.07, 6.45) is 0.649. The second kappa shape index (κ2) is 17.2. The number of aromatic amines is 2. The van der Waals surface area contributed by atoms with E-state index in [0.29, 0.717) is 48.7 Å². The summed E-state index contributed by atoms with van der Waals surface area (Å²) in [5, 5.41) is 21.9. The predicted molar refractivity (Wildman–Crippen MR) is 251 cm³/mol. The van der Waals surface area contributed by atoms with Crippen molar-refractivity contribution < 1.29 is 29.4 Å². The highest BCUT2D eigenvalue weighted by Gasteiger charge is 2.40. The average molecular weight is 881 g/mol. The molecule has 0 aliphatic carbocycles. The number of likely N-dealkylation sites (N-methyl/N-ethyl adjacent to an activating group) is 2. The maximum absolute atomic E-state index is 14.1. The minimum absolute atomic E-state index is 0.270. The molecule has 8 aromatic rings. The van der Waals surface area contributed by atoms with Crippen LogP contribution >= 0.6 is 0 Å². The number of nitrogens with zero attached hydrogens (tertiary/aromatic N) is 6. The number of aromatic nitrogens is 4. The van der Waals surface area contributed by atoms with Crippen LogP contribution in [0.4, 0.5) is 9.59 Å². The molecule has 6 aromatic carbocycles. The van der Waals surface area contributed by atoms with E-state index in [1.165, 1.54) is 14.1 Å². The molecule has 2 saturated heterocycles. The first kappa shape index (κ1) is 42.0. The maximum atomic E-state index is 14.1. The number of rotatable bonds is 10. The van der Waals surface area contributed by atoms with Gasteiger partial charge in [0.05, 0.1) is 34.2 Å². The Morgan fingerprint density at radius 2 is 0.924 bits per heavy atom. The first-order valence-corrected chi connectivity index (χ1v) is 22.2. The molecule has 0 bridgehead atoms. The smallest absolute Gasteiger partial charge is 0.407 e. The number of fused-ring (bicyclic) bond motifs is 3. The Morgan fingerprint density at radius 1 is 0.545 bits per heavy atom. The van der Waals surface area contributed by atoms with E-state index in [1.54, 1.807) is 34.1 Å². The first-order valence-electron chi connectivity index (χ1n) is 22.2. The fraction of sp³-hybridized carbons (Fsp3) is 0.231. The molecule has 14 nitrogen and oxygen atoms in total. The molecule has 0 radical (unpaired) electrons. The van der Waals surface area contributed by atoms with E-state index < -0.39 is 24.3 Å². The lowest BCUT2D eigenvalue weighted by Crippen LogP contribution is -2.43. The highest BCUT2D eigenvalue weighted by atomic mass is 16.4. The summed E-state index contributed by atoms with van der Waals surface area (Å²) >= 11 is 0.